The fraction of sp³-hybridized carbons (Fsp3) is 0.462. The molecular weight excluding hydrogens is 237 g/mol. The number of methoxy groups -OCH3 is 1. The van der Waals surface area contributed by atoms with Crippen LogP contribution in [0.3, 0.4) is 0 Å². The van der Waals surface area contributed by atoms with Crippen molar-refractivity contribution in [1.29, 1.82) is 0 Å². The van der Waals surface area contributed by atoms with Crippen LogP contribution in [0.15, 0.2) is 18.2 Å². The number of rotatable bonds is 6. The van der Waals surface area contributed by atoms with Crippen molar-refractivity contribution in [2.75, 3.05) is 13.7 Å². The number of ether oxygens (including phenoxy) is 1. The monoisotopic (exact) mass is 255 g/mol. The number of aliphatic hydroxyl groups is 1. The van der Waals surface area contributed by atoms with Gasteiger partial charge < -0.3 is 15.2 Å². The molecule has 2 N–H and O–H groups in total. The lowest BCUT2D eigenvalue weighted by molar-refractivity contribution is 0.0942. The maximum Gasteiger partial charge on any atom is 0.258 e. The molecule has 5 heteroatoms. The van der Waals surface area contributed by atoms with E-state index in [4.69, 9.17) is 9.84 Å². The highest BCUT2D eigenvalue weighted by atomic mass is 19.1. The fourth-order valence-corrected chi connectivity index (χ4v) is 1.58. The van der Waals surface area contributed by atoms with Gasteiger partial charge in [-0.2, -0.15) is 0 Å². The SMILES string of the molecule is COc1cccc(F)c1C(=O)NCCCC(C)O. The zero-order chi connectivity index (χ0) is 13.5. The molecule has 1 aromatic carbocycles. The molecule has 0 fully saturated rings. The lowest BCUT2D eigenvalue weighted by Gasteiger charge is -2.10. The molecule has 0 aromatic heterocycles. The zero-order valence-electron chi connectivity index (χ0n) is 10.6. The van der Waals surface area contributed by atoms with E-state index in [1.807, 2.05) is 0 Å². The molecule has 0 bridgehead atoms. The Labute approximate surface area is 106 Å². The lowest BCUT2D eigenvalue weighted by Crippen LogP contribution is -2.26. The molecule has 0 aliphatic heterocycles. The number of halogens is 1. The fourth-order valence-electron chi connectivity index (χ4n) is 1.58. The van der Waals surface area contributed by atoms with E-state index in [0.717, 1.165) is 0 Å². The molecule has 1 rings (SSSR count). The second-order valence-electron chi connectivity index (χ2n) is 4.06. The van der Waals surface area contributed by atoms with E-state index in [1.165, 1.54) is 25.3 Å². The van der Waals surface area contributed by atoms with Crippen molar-refractivity contribution in [1.82, 2.24) is 5.32 Å². The summed E-state index contributed by atoms with van der Waals surface area (Å²) in [6.45, 7) is 2.07. The first-order chi connectivity index (χ1) is 8.56. The predicted octanol–water partition coefficient (Wildman–Crippen LogP) is 1.73. The van der Waals surface area contributed by atoms with Gasteiger partial charge >= 0.3 is 0 Å². The number of carbonyl (C=O) groups is 1. The second-order valence-corrected chi connectivity index (χ2v) is 4.06. The molecule has 0 spiro atoms. The van der Waals surface area contributed by atoms with E-state index in [1.54, 1.807) is 6.92 Å². The Morgan fingerprint density at radius 3 is 2.89 bits per heavy atom. The average molecular weight is 255 g/mol. The van der Waals surface area contributed by atoms with Gasteiger partial charge in [-0.15, -0.1) is 0 Å². The molecule has 0 radical (unpaired) electrons. The van der Waals surface area contributed by atoms with Gasteiger partial charge in [0, 0.05) is 6.54 Å². The van der Waals surface area contributed by atoms with E-state index in [-0.39, 0.29) is 11.3 Å². The van der Waals surface area contributed by atoms with Crippen molar-refractivity contribution in [3.05, 3.63) is 29.6 Å². The first kappa shape index (κ1) is 14.4. The number of aliphatic hydroxyl groups excluding tert-OH is 1. The van der Waals surface area contributed by atoms with Gasteiger partial charge in [0.05, 0.1) is 13.2 Å². The molecule has 0 heterocycles. The lowest BCUT2D eigenvalue weighted by atomic mass is 10.1. The topological polar surface area (TPSA) is 58.6 Å². The van der Waals surface area contributed by atoms with Crippen molar-refractivity contribution in [2.45, 2.75) is 25.9 Å². The number of carbonyl (C=O) groups excluding carboxylic acids is 1. The molecule has 1 unspecified atom stereocenters. The van der Waals surface area contributed by atoms with Gasteiger partial charge in [-0.1, -0.05) is 6.07 Å². The summed E-state index contributed by atoms with van der Waals surface area (Å²) in [5, 5.41) is 11.7. The summed E-state index contributed by atoms with van der Waals surface area (Å²) >= 11 is 0. The van der Waals surface area contributed by atoms with Crippen LogP contribution in [0.25, 0.3) is 0 Å². The van der Waals surface area contributed by atoms with Crippen LogP contribution in [0.1, 0.15) is 30.1 Å². The van der Waals surface area contributed by atoms with Crippen molar-refractivity contribution >= 4 is 5.91 Å². The van der Waals surface area contributed by atoms with Crippen LogP contribution in [0.2, 0.25) is 0 Å². The maximum atomic E-state index is 13.5. The van der Waals surface area contributed by atoms with E-state index in [9.17, 15) is 9.18 Å². The van der Waals surface area contributed by atoms with E-state index < -0.39 is 17.8 Å². The molecule has 1 atom stereocenters. The molecule has 0 aliphatic carbocycles. The summed E-state index contributed by atoms with van der Waals surface area (Å²) in [4.78, 5) is 11.8. The summed E-state index contributed by atoms with van der Waals surface area (Å²) in [5.41, 5.74) is -0.0861. The Kier molecular flexibility index (Phi) is 5.58. The standard InChI is InChI=1S/C13H18FNO3/c1-9(16)5-4-8-15-13(17)12-10(14)6-3-7-11(12)18-2/h3,6-7,9,16H,4-5,8H2,1-2H3,(H,15,17). The number of nitrogens with one attached hydrogen (secondary N) is 1. The summed E-state index contributed by atoms with van der Waals surface area (Å²) < 4.78 is 18.5. The van der Waals surface area contributed by atoms with Crippen molar-refractivity contribution in [3.63, 3.8) is 0 Å². The second kappa shape index (κ2) is 6.96. The van der Waals surface area contributed by atoms with Gasteiger partial charge in [-0.05, 0) is 31.9 Å². The number of amides is 1. The van der Waals surface area contributed by atoms with Gasteiger partial charge in [-0.25, -0.2) is 4.39 Å². The molecule has 1 aromatic rings. The molecule has 0 saturated heterocycles. The smallest absolute Gasteiger partial charge is 0.258 e. The third-order valence-electron chi connectivity index (χ3n) is 2.51. The van der Waals surface area contributed by atoms with Gasteiger partial charge in [0.1, 0.15) is 17.1 Å². The largest absolute Gasteiger partial charge is 0.496 e. The summed E-state index contributed by atoms with van der Waals surface area (Å²) in [5.74, 6) is -0.902. The first-order valence-electron chi connectivity index (χ1n) is 5.85. The highest BCUT2D eigenvalue weighted by Crippen LogP contribution is 2.20. The van der Waals surface area contributed by atoms with E-state index in [2.05, 4.69) is 5.32 Å². The van der Waals surface area contributed by atoms with Gasteiger partial charge in [0.2, 0.25) is 0 Å². The third-order valence-corrected chi connectivity index (χ3v) is 2.51. The minimum atomic E-state index is -0.609. The van der Waals surface area contributed by atoms with Crippen molar-refractivity contribution < 1.29 is 19.0 Å². The quantitative estimate of drug-likeness (QED) is 0.761. The van der Waals surface area contributed by atoms with Crippen LogP contribution < -0.4 is 10.1 Å². The maximum absolute atomic E-state index is 13.5. The highest BCUT2D eigenvalue weighted by molar-refractivity contribution is 5.97. The Morgan fingerprint density at radius 1 is 1.56 bits per heavy atom. The van der Waals surface area contributed by atoms with E-state index >= 15 is 0 Å². The normalized spacial score (nSPS) is 12.0. The van der Waals surface area contributed by atoms with Crippen LogP contribution in [0.5, 0.6) is 5.75 Å². The van der Waals surface area contributed by atoms with E-state index in [0.29, 0.717) is 19.4 Å². The van der Waals surface area contributed by atoms with Crippen LogP contribution in [0, 0.1) is 5.82 Å². The van der Waals surface area contributed by atoms with Gasteiger partial charge in [0.25, 0.3) is 5.91 Å². The molecule has 0 aliphatic rings. The number of benzene rings is 1. The number of hydrogen-bond donors (Lipinski definition) is 2. The van der Waals surface area contributed by atoms with Gasteiger partial charge in [-0.3, -0.25) is 4.79 Å². The zero-order valence-corrected chi connectivity index (χ0v) is 10.6. The third kappa shape index (κ3) is 4.00. The molecule has 4 nitrogen and oxygen atoms in total. The summed E-state index contributed by atoms with van der Waals surface area (Å²) in [6.07, 6.45) is 0.833. The molecule has 100 valence electrons. The van der Waals surface area contributed by atoms with Crippen LogP contribution in [0.4, 0.5) is 4.39 Å². The summed E-state index contributed by atoms with van der Waals surface area (Å²) in [7, 11) is 1.39. The van der Waals surface area contributed by atoms with Crippen LogP contribution in [-0.4, -0.2) is 30.8 Å². The summed E-state index contributed by atoms with van der Waals surface area (Å²) in [6, 6.07) is 4.24. The van der Waals surface area contributed by atoms with Crippen molar-refractivity contribution in [3.8, 4) is 5.75 Å². The minimum Gasteiger partial charge on any atom is -0.496 e. The van der Waals surface area contributed by atoms with Gasteiger partial charge in [0.15, 0.2) is 0 Å². The Morgan fingerprint density at radius 2 is 2.28 bits per heavy atom. The molecule has 0 saturated carbocycles. The van der Waals surface area contributed by atoms with Crippen molar-refractivity contribution in [2.24, 2.45) is 0 Å². The van der Waals surface area contributed by atoms with Crippen LogP contribution in [-0.2, 0) is 0 Å². The molecular formula is C13H18FNO3. The minimum absolute atomic E-state index is 0.0861. The highest BCUT2D eigenvalue weighted by Gasteiger charge is 2.16. The Balaban J connectivity index is 2.61. The Bertz CT molecular complexity index is 407. The predicted molar refractivity (Wildman–Crippen MR) is 66.2 cm³/mol. The first-order valence-corrected chi connectivity index (χ1v) is 5.85. The van der Waals surface area contributed by atoms with Crippen LogP contribution >= 0.6 is 0 Å². The number of hydrogen-bond acceptors (Lipinski definition) is 3. The molecule has 18 heavy (non-hydrogen) atoms. The molecule has 1 amide bonds. The average Bonchev–Trinajstić information content (AvgIpc) is 2.33. The Hall–Kier alpha value is -1.62.